The van der Waals surface area contributed by atoms with Crippen LogP contribution < -0.4 is 10.6 Å². The fourth-order valence-electron chi connectivity index (χ4n) is 6.69. The average Bonchev–Trinajstić information content (AvgIpc) is 3.58. The van der Waals surface area contributed by atoms with Crippen LogP contribution in [-0.4, -0.2) is 85.9 Å². The van der Waals surface area contributed by atoms with Crippen LogP contribution >= 0.6 is 0 Å². The van der Waals surface area contributed by atoms with Gasteiger partial charge in [0.1, 0.15) is 12.6 Å². The predicted octanol–water partition coefficient (Wildman–Crippen LogP) is 2.02. The molecule has 4 atom stereocenters. The van der Waals surface area contributed by atoms with Gasteiger partial charge in [0.2, 0.25) is 11.8 Å². The fourth-order valence-corrected chi connectivity index (χ4v) is 6.69. The Kier molecular flexibility index (Phi) is 6.86. The van der Waals surface area contributed by atoms with E-state index in [0.717, 1.165) is 69.5 Å². The van der Waals surface area contributed by atoms with E-state index in [0.29, 0.717) is 12.1 Å². The van der Waals surface area contributed by atoms with Crippen molar-refractivity contribution in [1.82, 2.24) is 9.80 Å². The minimum absolute atomic E-state index is 0.00853. The summed E-state index contributed by atoms with van der Waals surface area (Å²) in [7, 11) is 2.12. The minimum Gasteiger partial charge on any atom is -0.369 e. The van der Waals surface area contributed by atoms with E-state index in [-0.39, 0.29) is 36.2 Å². The number of benzene rings is 1. The Morgan fingerprint density at radius 1 is 1.14 bits per heavy atom. The lowest BCUT2D eigenvalue weighted by Crippen LogP contribution is -2.46. The molecule has 3 aliphatic heterocycles. The summed E-state index contributed by atoms with van der Waals surface area (Å²) in [6.07, 6.45) is 4.67. The molecule has 5 rings (SSSR count). The number of carbonyl (C=O) groups excluding carboxylic acids is 3. The number of ether oxygens (including phenoxy) is 1. The summed E-state index contributed by atoms with van der Waals surface area (Å²) in [5.41, 5.74) is 8.02. The molecule has 8 nitrogen and oxygen atoms in total. The van der Waals surface area contributed by atoms with Crippen LogP contribution in [0.3, 0.4) is 0 Å². The largest absolute Gasteiger partial charge is 0.369 e. The smallest absolute Gasteiger partial charge is 0.249 e. The molecule has 1 aromatic carbocycles. The van der Waals surface area contributed by atoms with Gasteiger partial charge >= 0.3 is 0 Å². The second kappa shape index (κ2) is 9.90. The van der Waals surface area contributed by atoms with Gasteiger partial charge in [-0.2, -0.15) is 0 Å². The summed E-state index contributed by atoms with van der Waals surface area (Å²) < 4.78 is 5.82. The first-order valence-electron chi connectivity index (χ1n) is 13.2. The van der Waals surface area contributed by atoms with Crippen molar-refractivity contribution in [1.29, 1.82) is 0 Å². The normalized spacial score (nSPS) is 28.5. The molecule has 2 amide bonds. The number of fused-ring (bicyclic) bond motifs is 1. The second-order valence-electron chi connectivity index (χ2n) is 10.8. The predicted molar refractivity (Wildman–Crippen MR) is 133 cm³/mol. The summed E-state index contributed by atoms with van der Waals surface area (Å²) in [4.78, 5) is 46.1. The molecule has 35 heavy (non-hydrogen) atoms. The molecule has 2 N–H and O–H groups in total. The van der Waals surface area contributed by atoms with Gasteiger partial charge in [-0.3, -0.25) is 14.4 Å². The SMILES string of the molecule is CC[C@@H]1CN(C(=O)[C@H](c2cc(N3CCN(C)CC3)ccc2C(N)=O)C2CCCC2)[C@@H]2C(=O)CO[C@H]12. The van der Waals surface area contributed by atoms with Crippen LogP contribution in [0.1, 0.15) is 60.9 Å². The van der Waals surface area contributed by atoms with Crippen LogP contribution in [0.5, 0.6) is 0 Å². The van der Waals surface area contributed by atoms with Gasteiger partial charge in [0, 0.05) is 49.9 Å². The van der Waals surface area contributed by atoms with E-state index in [4.69, 9.17) is 10.5 Å². The number of nitrogens with two attached hydrogens (primary N) is 1. The van der Waals surface area contributed by atoms with E-state index in [1.54, 1.807) is 11.0 Å². The van der Waals surface area contributed by atoms with Crippen LogP contribution in [0, 0.1) is 11.8 Å². The number of ketones is 1. The molecule has 0 aromatic heterocycles. The van der Waals surface area contributed by atoms with Crippen molar-refractivity contribution < 1.29 is 19.1 Å². The number of Topliss-reactive ketones (excluding diaryl/α,β-unsaturated/α-hetero) is 1. The van der Waals surface area contributed by atoms with Gasteiger partial charge in [0.15, 0.2) is 5.78 Å². The number of piperazine rings is 1. The summed E-state index contributed by atoms with van der Waals surface area (Å²) in [5.74, 6) is -0.735. The van der Waals surface area contributed by atoms with Gasteiger partial charge in [0.25, 0.3) is 0 Å². The zero-order valence-electron chi connectivity index (χ0n) is 20.9. The van der Waals surface area contributed by atoms with Gasteiger partial charge < -0.3 is 25.2 Å². The number of likely N-dealkylation sites (N-methyl/N-ethyl adjacent to an activating group) is 1. The maximum absolute atomic E-state index is 14.3. The Bertz CT molecular complexity index is 983. The van der Waals surface area contributed by atoms with Crippen molar-refractivity contribution in [3.63, 3.8) is 0 Å². The molecule has 190 valence electrons. The van der Waals surface area contributed by atoms with E-state index in [9.17, 15) is 14.4 Å². The van der Waals surface area contributed by atoms with Crippen LogP contribution in [0.2, 0.25) is 0 Å². The minimum atomic E-state index is -0.508. The Morgan fingerprint density at radius 2 is 1.86 bits per heavy atom. The maximum atomic E-state index is 14.3. The van der Waals surface area contributed by atoms with Crippen LogP contribution in [-0.2, 0) is 14.3 Å². The van der Waals surface area contributed by atoms with E-state index >= 15 is 0 Å². The lowest BCUT2D eigenvalue weighted by molar-refractivity contribution is -0.138. The molecule has 3 saturated heterocycles. The molecule has 3 heterocycles. The number of hydrogen-bond donors (Lipinski definition) is 1. The summed E-state index contributed by atoms with van der Waals surface area (Å²) in [6.45, 7) is 6.42. The highest BCUT2D eigenvalue weighted by molar-refractivity contribution is 5.99. The van der Waals surface area contributed by atoms with Crippen molar-refractivity contribution in [2.24, 2.45) is 17.6 Å². The monoisotopic (exact) mass is 482 g/mol. The molecule has 0 bridgehead atoms. The Balaban J connectivity index is 1.54. The summed E-state index contributed by atoms with van der Waals surface area (Å²) in [5, 5.41) is 0. The van der Waals surface area contributed by atoms with E-state index < -0.39 is 17.9 Å². The third-order valence-electron chi connectivity index (χ3n) is 8.74. The zero-order chi connectivity index (χ0) is 24.7. The Morgan fingerprint density at radius 3 is 2.51 bits per heavy atom. The maximum Gasteiger partial charge on any atom is 0.249 e. The third-order valence-corrected chi connectivity index (χ3v) is 8.74. The molecule has 1 aromatic rings. The number of likely N-dealkylation sites (tertiary alicyclic amines) is 1. The third kappa shape index (κ3) is 4.47. The van der Waals surface area contributed by atoms with E-state index in [1.807, 2.05) is 12.1 Å². The number of nitrogens with zero attached hydrogens (tertiary/aromatic N) is 3. The topological polar surface area (TPSA) is 96.2 Å². The molecule has 0 spiro atoms. The van der Waals surface area contributed by atoms with E-state index in [2.05, 4.69) is 23.8 Å². The first-order valence-corrected chi connectivity index (χ1v) is 13.2. The second-order valence-corrected chi connectivity index (χ2v) is 10.8. The Hall–Kier alpha value is -2.45. The molecule has 4 fully saturated rings. The fraction of sp³-hybridized carbons (Fsp3) is 0.667. The Labute approximate surface area is 207 Å². The average molecular weight is 483 g/mol. The van der Waals surface area contributed by atoms with Crippen LogP contribution in [0.15, 0.2) is 18.2 Å². The molecule has 0 unspecified atom stereocenters. The first-order chi connectivity index (χ1) is 16.9. The molecule has 4 aliphatic rings. The molecular formula is C27H38N4O4. The molecule has 1 saturated carbocycles. The van der Waals surface area contributed by atoms with Crippen molar-refractivity contribution in [2.75, 3.05) is 51.3 Å². The van der Waals surface area contributed by atoms with Crippen molar-refractivity contribution in [2.45, 2.75) is 57.1 Å². The lowest BCUT2D eigenvalue weighted by Gasteiger charge is -2.35. The zero-order valence-corrected chi connectivity index (χ0v) is 20.9. The highest BCUT2D eigenvalue weighted by atomic mass is 16.5. The molecular weight excluding hydrogens is 444 g/mol. The van der Waals surface area contributed by atoms with Gasteiger partial charge in [-0.15, -0.1) is 0 Å². The number of hydrogen-bond acceptors (Lipinski definition) is 6. The number of anilines is 1. The summed E-state index contributed by atoms with van der Waals surface area (Å²) >= 11 is 0. The van der Waals surface area contributed by atoms with E-state index in [1.165, 1.54) is 0 Å². The molecule has 0 radical (unpaired) electrons. The highest BCUT2D eigenvalue weighted by Gasteiger charge is 2.53. The number of primary amides is 1. The standard InChI is InChI=1S/C27H38N4O4/c1-3-17-15-31(24-22(32)16-35-25(17)24)27(34)23(18-6-4-5-7-18)21-14-19(8-9-20(21)26(28)33)30-12-10-29(2)11-13-30/h8-9,14,17-18,23-25H,3-7,10-13,15-16H2,1-2H3,(H2,28,33)/t17-,23+,24-,25-/m1/s1. The number of rotatable bonds is 6. The van der Waals surface area contributed by atoms with Gasteiger partial charge in [-0.1, -0.05) is 19.8 Å². The van der Waals surface area contributed by atoms with Crippen LogP contribution in [0.4, 0.5) is 5.69 Å². The van der Waals surface area contributed by atoms with Gasteiger partial charge in [-0.05, 0) is 56.0 Å². The quantitative estimate of drug-likeness (QED) is 0.667. The number of carbonyl (C=O) groups is 3. The number of amides is 2. The molecule has 8 heteroatoms. The van der Waals surface area contributed by atoms with Gasteiger partial charge in [0.05, 0.1) is 12.0 Å². The van der Waals surface area contributed by atoms with Crippen LogP contribution in [0.25, 0.3) is 0 Å². The lowest BCUT2D eigenvalue weighted by atomic mass is 9.80. The first kappa shape index (κ1) is 24.3. The van der Waals surface area contributed by atoms with Crippen molar-refractivity contribution >= 4 is 23.3 Å². The van der Waals surface area contributed by atoms with Crippen molar-refractivity contribution in [3.05, 3.63) is 29.3 Å². The summed E-state index contributed by atoms with van der Waals surface area (Å²) in [6, 6.07) is 5.28. The van der Waals surface area contributed by atoms with Gasteiger partial charge in [-0.25, -0.2) is 0 Å². The molecule has 1 aliphatic carbocycles. The highest BCUT2D eigenvalue weighted by Crippen LogP contribution is 2.43. The van der Waals surface area contributed by atoms with Crippen molar-refractivity contribution in [3.8, 4) is 0 Å².